The second-order valence-corrected chi connectivity index (χ2v) is 4.34. The lowest BCUT2D eigenvalue weighted by Gasteiger charge is -2.25. The highest BCUT2D eigenvalue weighted by molar-refractivity contribution is 5.88. The van der Waals surface area contributed by atoms with Gasteiger partial charge in [-0.05, 0) is 16.8 Å². The molecule has 0 unspecified atom stereocenters. The van der Waals surface area contributed by atoms with Crippen LogP contribution in [0.15, 0.2) is 36.4 Å². The van der Waals surface area contributed by atoms with Gasteiger partial charge in [0.2, 0.25) is 0 Å². The van der Waals surface area contributed by atoms with E-state index in [4.69, 9.17) is 4.74 Å². The Kier molecular flexibility index (Phi) is 3.81. The fraction of sp³-hybridized carbons (Fsp3) is 0.214. The van der Waals surface area contributed by atoms with Crippen molar-refractivity contribution in [1.82, 2.24) is 5.32 Å². The summed E-state index contributed by atoms with van der Waals surface area (Å²) in [5.74, 6) is 0.209. The average molecular weight is 280 g/mol. The van der Waals surface area contributed by atoms with Gasteiger partial charge in [-0.15, -0.1) is 12.4 Å². The number of fused-ring (bicyclic) bond motifs is 1. The van der Waals surface area contributed by atoms with Gasteiger partial charge in [-0.1, -0.05) is 30.3 Å². The van der Waals surface area contributed by atoms with Crippen LogP contribution in [0.3, 0.4) is 0 Å². The Bertz CT molecular complexity index is 615. The van der Waals surface area contributed by atoms with Crippen molar-refractivity contribution < 1.29 is 14.6 Å². The summed E-state index contributed by atoms with van der Waals surface area (Å²) in [4.78, 5) is 11.3. The van der Waals surface area contributed by atoms with Crippen LogP contribution in [-0.4, -0.2) is 17.8 Å². The molecule has 0 aliphatic carbocycles. The number of phenolic OH excluding ortho intramolecular Hbond substituents is 1. The number of nitrogens with one attached hydrogen (secondary N) is 1. The van der Waals surface area contributed by atoms with Crippen molar-refractivity contribution in [3.8, 4) is 5.75 Å². The van der Waals surface area contributed by atoms with Gasteiger partial charge in [0.1, 0.15) is 5.75 Å². The molecule has 1 aliphatic rings. The van der Waals surface area contributed by atoms with Gasteiger partial charge in [0.25, 0.3) is 0 Å². The molecule has 1 atom stereocenters. The standard InChI is InChI=1S/C14H13NO3.ClH/c16-12-6-5-9-3-1-2-4-10(9)13(12)11-7-8-18-14(17)15-11;/h1-6,11,16H,7-8H2,(H,15,17);1H/t11-;/m1./s1. The summed E-state index contributed by atoms with van der Waals surface area (Å²) >= 11 is 0. The predicted octanol–water partition coefficient (Wildman–Crippen LogP) is 3.14. The van der Waals surface area contributed by atoms with Crippen molar-refractivity contribution in [3.05, 3.63) is 42.0 Å². The Morgan fingerprint density at radius 3 is 2.79 bits per heavy atom. The third-order valence-electron chi connectivity index (χ3n) is 3.23. The Morgan fingerprint density at radius 2 is 2.00 bits per heavy atom. The maximum absolute atomic E-state index is 11.3. The first-order chi connectivity index (χ1) is 8.75. The smallest absolute Gasteiger partial charge is 0.407 e. The molecule has 0 aromatic heterocycles. The Morgan fingerprint density at radius 1 is 1.21 bits per heavy atom. The number of aromatic hydroxyl groups is 1. The van der Waals surface area contributed by atoms with Crippen LogP contribution < -0.4 is 5.32 Å². The summed E-state index contributed by atoms with van der Waals surface area (Å²) in [7, 11) is 0. The number of alkyl carbamates (subject to hydrolysis) is 1. The normalized spacial score (nSPS) is 18.3. The van der Waals surface area contributed by atoms with Crippen LogP contribution in [0, 0.1) is 0 Å². The van der Waals surface area contributed by atoms with Gasteiger partial charge in [0.05, 0.1) is 12.6 Å². The average Bonchev–Trinajstić information content (AvgIpc) is 2.38. The number of halogens is 1. The van der Waals surface area contributed by atoms with Crippen LogP contribution in [0.5, 0.6) is 5.75 Å². The van der Waals surface area contributed by atoms with Crippen LogP contribution in [0.2, 0.25) is 0 Å². The number of phenols is 1. The van der Waals surface area contributed by atoms with E-state index in [2.05, 4.69) is 5.32 Å². The SMILES string of the molecule is Cl.O=C1N[C@@H](c2c(O)ccc3ccccc23)CCO1. The van der Waals surface area contributed by atoms with Gasteiger partial charge < -0.3 is 15.2 Å². The zero-order valence-electron chi connectivity index (χ0n) is 10.1. The molecule has 100 valence electrons. The fourth-order valence-electron chi connectivity index (χ4n) is 2.39. The molecule has 19 heavy (non-hydrogen) atoms. The molecule has 3 rings (SSSR count). The number of hydrogen-bond acceptors (Lipinski definition) is 3. The van der Waals surface area contributed by atoms with Crippen LogP contribution >= 0.6 is 12.4 Å². The highest BCUT2D eigenvalue weighted by Crippen LogP contribution is 2.34. The third-order valence-corrected chi connectivity index (χ3v) is 3.23. The van der Waals surface area contributed by atoms with Gasteiger partial charge in [-0.3, -0.25) is 0 Å². The molecule has 1 aliphatic heterocycles. The van der Waals surface area contributed by atoms with Crippen molar-refractivity contribution >= 4 is 29.3 Å². The van der Waals surface area contributed by atoms with E-state index in [1.807, 2.05) is 30.3 Å². The highest BCUT2D eigenvalue weighted by atomic mass is 35.5. The molecule has 2 N–H and O–H groups in total. The Hall–Kier alpha value is -1.94. The molecule has 0 spiro atoms. The van der Waals surface area contributed by atoms with Gasteiger partial charge in [0.15, 0.2) is 0 Å². The molecule has 2 aromatic rings. The van der Waals surface area contributed by atoms with E-state index in [-0.39, 0.29) is 24.2 Å². The van der Waals surface area contributed by atoms with Crippen molar-refractivity contribution in [2.75, 3.05) is 6.61 Å². The largest absolute Gasteiger partial charge is 0.508 e. The molecule has 0 saturated carbocycles. The summed E-state index contributed by atoms with van der Waals surface area (Å²) in [5.41, 5.74) is 0.768. The fourth-order valence-corrected chi connectivity index (χ4v) is 2.39. The van der Waals surface area contributed by atoms with E-state index < -0.39 is 6.09 Å². The van der Waals surface area contributed by atoms with E-state index >= 15 is 0 Å². The lowest BCUT2D eigenvalue weighted by atomic mass is 9.95. The second-order valence-electron chi connectivity index (χ2n) is 4.34. The zero-order chi connectivity index (χ0) is 12.5. The number of amides is 1. The Balaban J connectivity index is 0.00000133. The van der Waals surface area contributed by atoms with E-state index in [1.54, 1.807) is 6.07 Å². The molecule has 1 saturated heterocycles. The molecule has 1 fully saturated rings. The van der Waals surface area contributed by atoms with E-state index in [0.29, 0.717) is 13.0 Å². The highest BCUT2D eigenvalue weighted by Gasteiger charge is 2.24. The first-order valence-electron chi connectivity index (χ1n) is 5.89. The number of benzene rings is 2. The van der Waals surface area contributed by atoms with Crippen molar-refractivity contribution in [2.24, 2.45) is 0 Å². The molecule has 2 aromatic carbocycles. The third kappa shape index (κ3) is 2.44. The monoisotopic (exact) mass is 279 g/mol. The molecule has 0 bridgehead atoms. The molecular weight excluding hydrogens is 266 g/mol. The zero-order valence-corrected chi connectivity index (χ0v) is 10.9. The van der Waals surface area contributed by atoms with Crippen molar-refractivity contribution in [1.29, 1.82) is 0 Å². The van der Waals surface area contributed by atoms with Crippen molar-refractivity contribution in [2.45, 2.75) is 12.5 Å². The van der Waals surface area contributed by atoms with Gasteiger partial charge in [-0.2, -0.15) is 0 Å². The maximum Gasteiger partial charge on any atom is 0.407 e. The molecule has 1 amide bonds. The molecule has 5 heteroatoms. The molecule has 1 heterocycles. The summed E-state index contributed by atoms with van der Waals surface area (Å²) in [6, 6.07) is 11.1. The predicted molar refractivity (Wildman–Crippen MR) is 74.7 cm³/mol. The van der Waals surface area contributed by atoms with Gasteiger partial charge >= 0.3 is 6.09 Å². The number of hydrogen-bond donors (Lipinski definition) is 2. The lowest BCUT2D eigenvalue weighted by molar-refractivity contribution is 0.115. The minimum absolute atomic E-state index is 0. The molecule has 4 nitrogen and oxygen atoms in total. The maximum atomic E-state index is 11.3. The number of carbonyl (C=O) groups excluding carboxylic acids is 1. The first kappa shape index (κ1) is 13.5. The number of cyclic esters (lactones) is 1. The van der Waals surface area contributed by atoms with Crippen LogP contribution in [-0.2, 0) is 4.74 Å². The van der Waals surface area contributed by atoms with Crippen LogP contribution in [0.1, 0.15) is 18.0 Å². The number of carbonyl (C=O) groups is 1. The van der Waals surface area contributed by atoms with Crippen LogP contribution in [0.4, 0.5) is 4.79 Å². The quantitative estimate of drug-likeness (QED) is 0.843. The van der Waals surface area contributed by atoms with Crippen LogP contribution in [0.25, 0.3) is 10.8 Å². The first-order valence-corrected chi connectivity index (χ1v) is 5.89. The number of rotatable bonds is 1. The number of ether oxygens (including phenoxy) is 1. The summed E-state index contributed by atoms with van der Waals surface area (Å²) in [5, 5.41) is 14.8. The van der Waals surface area contributed by atoms with E-state index in [1.165, 1.54) is 0 Å². The summed E-state index contributed by atoms with van der Waals surface area (Å²) in [6.45, 7) is 0.374. The second kappa shape index (κ2) is 5.36. The summed E-state index contributed by atoms with van der Waals surface area (Å²) in [6.07, 6.45) is 0.228. The summed E-state index contributed by atoms with van der Waals surface area (Å²) < 4.78 is 4.85. The minimum atomic E-state index is -0.432. The van der Waals surface area contributed by atoms with E-state index in [9.17, 15) is 9.90 Å². The Labute approximate surface area is 116 Å². The van der Waals surface area contributed by atoms with Gasteiger partial charge in [0, 0.05) is 12.0 Å². The van der Waals surface area contributed by atoms with Crippen molar-refractivity contribution in [3.63, 3.8) is 0 Å². The van der Waals surface area contributed by atoms with Gasteiger partial charge in [-0.25, -0.2) is 4.79 Å². The molecular formula is C14H14ClNO3. The minimum Gasteiger partial charge on any atom is -0.508 e. The lowest BCUT2D eigenvalue weighted by Crippen LogP contribution is -2.35. The topological polar surface area (TPSA) is 58.6 Å². The molecule has 0 radical (unpaired) electrons. The van der Waals surface area contributed by atoms with E-state index in [0.717, 1.165) is 16.3 Å².